The fourth-order valence-electron chi connectivity index (χ4n) is 3.20. The third kappa shape index (κ3) is 45.3. The SMILES string of the molecule is [CH2-]OCC(CO)(CO)CO[CH2-].[CH2-]OCC(CO)(CO)CO[CH2-].[CH2-]OCC(O)CCOCC(O)CCO.[CH2-]OCC(O)CCOCC(O)CCO.[Rf].[Rf].[Rf].[Rf].[Rf].[Rf]. The zero-order valence-electron chi connectivity index (χ0n) is 33.7. The minimum atomic E-state index is -0.774. The first-order valence-electron chi connectivity index (χ1n) is 15.6. The first-order chi connectivity index (χ1) is 23.9. The molecule has 24 heteroatoms. The van der Waals surface area contributed by atoms with Crippen LogP contribution in [0, 0.1) is 53.5 Å². The second kappa shape index (κ2) is 52.6. The summed E-state index contributed by atoms with van der Waals surface area (Å²) in [6.45, 7) is 1.06. The summed E-state index contributed by atoms with van der Waals surface area (Å²) in [4.78, 5) is 0. The Kier molecular flexibility index (Phi) is 70.0. The zero-order valence-corrected chi connectivity index (χ0v) is 72.1. The maximum Gasteiger partial charge on any atom is 0.0795 e. The largest absolute Gasteiger partial charge is 0.554 e. The third-order valence-corrected chi connectivity index (χ3v) is 6.33. The summed E-state index contributed by atoms with van der Waals surface area (Å²) in [6.07, 6.45) is -0.926. The van der Waals surface area contributed by atoms with Gasteiger partial charge in [0.25, 0.3) is 0 Å². The Balaban J connectivity index is -0.0000000612. The number of hydrogen-bond acceptors (Lipinski definition) is 18. The molecule has 0 heterocycles. The van der Waals surface area contributed by atoms with E-state index in [1.54, 1.807) is 0 Å². The van der Waals surface area contributed by atoms with Crippen LogP contribution in [0.1, 0.15) is 25.7 Å². The molecule has 0 aromatic rings. The Morgan fingerprint density at radius 1 is 0.357 bits per heavy atom. The van der Waals surface area contributed by atoms with E-state index in [4.69, 9.17) is 50.3 Å². The Morgan fingerprint density at radius 3 is 0.768 bits per heavy atom. The van der Waals surface area contributed by atoms with Gasteiger partial charge in [0.2, 0.25) is 0 Å². The average Bonchev–Trinajstić information content (AvgIpc) is 3.10. The third-order valence-electron chi connectivity index (χ3n) is 6.33. The predicted octanol–water partition coefficient (Wildman–Crippen LogP) is -2.24. The molecule has 0 fully saturated rings. The van der Waals surface area contributed by atoms with E-state index < -0.39 is 35.2 Å². The van der Waals surface area contributed by atoms with Crippen LogP contribution in [0.3, 0.4) is 0 Å². The Morgan fingerprint density at radius 2 is 0.589 bits per heavy atom. The molecule has 0 aliphatic carbocycles. The number of ether oxygens (including phenoxy) is 8. The summed E-state index contributed by atoms with van der Waals surface area (Å²) >= 11 is 0. The molecule has 320 valence electrons. The maximum absolute atomic E-state index is 9.17. The first-order valence-corrected chi connectivity index (χ1v) is 15.6. The topological polar surface area (TPSA) is 276 Å². The quantitative estimate of drug-likeness (QED) is 0.0269. The van der Waals surface area contributed by atoms with Gasteiger partial charge < -0.3 is 89.0 Å². The second-order valence-corrected chi connectivity index (χ2v) is 11.1. The van der Waals surface area contributed by atoms with Gasteiger partial charge in [0, 0.05) is 66.1 Å². The number of rotatable bonds is 30. The van der Waals surface area contributed by atoms with Gasteiger partial charge in [-0.2, -0.15) is 0 Å². The molecule has 4 unspecified atom stereocenters. The average molecular weight is 2340 g/mol. The van der Waals surface area contributed by atoms with Crippen molar-refractivity contribution in [1.29, 1.82) is 0 Å². The molecule has 0 aromatic carbocycles. The Bertz CT molecular complexity index is 559. The second-order valence-electron chi connectivity index (χ2n) is 11.1. The van der Waals surface area contributed by atoms with Crippen LogP contribution in [0.4, 0.5) is 0 Å². The van der Waals surface area contributed by atoms with Crippen molar-refractivity contribution in [2.75, 3.05) is 106 Å². The van der Waals surface area contributed by atoms with Crippen molar-refractivity contribution >= 4 is 0 Å². The van der Waals surface area contributed by atoms with Gasteiger partial charge in [-0.1, -0.05) is 0 Å². The summed E-state index contributed by atoms with van der Waals surface area (Å²) < 4.78 is 37.4. The van der Waals surface area contributed by atoms with Gasteiger partial charge in [0.15, 0.2) is 0 Å². The van der Waals surface area contributed by atoms with Crippen LogP contribution in [-0.4, -0.2) is 181 Å². The van der Waals surface area contributed by atoms with E-state index in [1.807, 2.05) is 0 Å². The van der Waals surface area contributed by atoms with Crippen molar-refractivity contribution in [1.82, 2.24) is 0 Å². The Hall–Kier alpha value is -6.72. The first kappa shape index (κ1) is 74.4. The number of hydrogen-bond donors (Lipinski definition) is 10. The molecule has 0 amide bonds. The van der Waals surface area contributed by atoms with Crippen LogP contribution in [0.15, 0.2) is 0 Å². The maximum atomic E-state index is 9.17. The van der Waals surface area contributed by atoms with E-state index in [0.717, 1.165) is 0 Å². The minimum absolute atomic E-state index is 0. The van der Waals surface area contributed by atoms with Crippen LogP contribution in [0.5, 0.6) is 0 Å². The zero-order chi connectivity index (χ0) is 39.1. The van der Waals surface area contributed by atoms with Gasteiger partial charge in [0.05, 0.1) is 74.9 Å². The molecule has 0 rings (SSSR count). The van der Waals surface area contributed by atoms with Gasteiger partial charge in [-0.3, -0.25) is 0 Å². The van der Waals surface area contributed by atoms with Crippen molar-refractivity contribution in [2.24, 2.45) is 10.8 Å². The van der Waals surface area contributed by atoms with Gasteiger partial charge in [-0.05, 0) is 25.7 Å². The molecule has 0 radical (unpaired) electrons. The Labute approximate surface area is 298 Å². The van der Waals surface area contributed by atoms with Gasteiger partial charge in [0.1, 0.15) is 0 Å². The molecule has 0 aliphatic rings. The fraction of sp³-hybridized carbons (Fsp3) is 0.812. The smallest absolute Gasteiger partial charge is 0.0795 e. The monoisotopic (exact) mass is 2340 g/mol. The van der Waals surface area contributed by atoms with E-state index in [0.29, 0.717) is 38.9 Å². The van der Waals surface area contributed by atoms with E-state index in [2.05, 4.69) is 71.1 Å². The van der Waals surface area contributed by atoms with Crippen LogP contribution < -0.4 is 0 Å². The summed E-state index contributed by atoms with van der Waals surface area (Å²) in [5.41, 5.74) is -1.55. The normalized spacial score (nSPS) is 12.4. The van der Waals surface area contributed by atoms with Crippen LogP contribution in [-0.2, 0) is 37.9 Å². The molecule has 0 aliphatic heterocycles. The molecule has 0 saturated heterocycles. The molecule has 56 heavy (non-hydrogen) atoms. The molecule has 4 atom stereocenters. The fourth-order valence-corrected chi connectivity index (χ4v) is 3.20. The van der Waals surface area contributed by atoms with Crippen LogP contribution in [0.25, 0.3) is 0 Å². The standard InChI is InChI=1S/2C9H19O5.2C7H14O4.6Rf/c2*1-13-6-9(12)3-5-14-7-8(11)2-4-10;2*1-10-5-7(3-8,4-9)6-11-2;;;;;;/h2*8-12H,1-7H2;2*8-9H,1-6H2;;;;;;/q2*-1;2*-2;;;;;;. The molecule has 0 aromatic heterocycles. The van der Waals surface area contributed by atoms with Crippen molar-refractivity contribution in [2.45, 2.75) is 50.1 Å². The molecule has 18 nitrogen and oxygen atoms in total. The summed E-state index contributed by atoms with van der Waals surface area (Å²) in [5, 5.41) is 89.0. The van der Waals surface area contributed by atoms with Gasteiger partial charge in [-0.15, -0.1) is 0 Å². The number of aliphatic hydroxyl groups excluding tert-OH is 10. The van der Waals surface area contributed by atoms with E-state index in [-0.39, 0.29) is 92.5 Å². The summed E-state index contributed by atoms with van der Waals surface area (Å²) in [6, 6.07) is 0. The molecule has 10 N–H and O–H groups in total. The van der Waals surface area contributed by atoms with Crippen molar-refractivity contribution in [3.05, 3.63) is 42.7 Å². The predicted molar refractivity (Wildman–Crippen MR) is 179 cm³/mol. The van der Waals surface area contributed by atoms with E-state index in [9.17, 15) is 10.2 Å². The van der Waals surface area contributed by atoms with Gasteiger partial charge >= 0.3 is 0 Å². The summed E-state index contributed by atoms with van der Waals surface area (Å²) in [5.74, 6) is 0. The summed E-state index contributed by atoms with van der Waals surface area (Å²) in [7, 11) is 18.9. The molecule has 0 saturated carbocycles. The number of aliphatic hydroxyl groups is 10. The molecular weight excluding hydrogens is 2270 g/mol. The minimum Gasteiger partial charge on any atom is -0.554 e. The van der Waals surface area contributed by atoms with E-state index >= 15 is 0 Å². The van der Waals surface area contributed by atoms with Crippen LogP contribution in [0.2, 0.25) is 0 Å². The molecule has 0 spiro atoms. The van der Waals surface area contributed by atoms with Gasteiger partial charge in [-0.25, -0.2) is 42.7 Å². The van der Waals surface area contributed by atoms with Crippen LogP contribution >= 0.6 is 0 Å². The van der Waals surface area contributed by atoms with Crippen molar-refractivity contribution < 1.29 is 89.0 Å². The molecule has 0 bridgehead atoms. The molecular formula is C32H66O18Rf6-6. The van der Waals surface area contributed by atoms with E-state index in [1.165, 1.54) is 0 Å². The van der Waals surface area contributed by atoms with Crippen molar-refractivity contribution in [3.8, 4) is 0 Å². The van der Waals surface area contributed by atoms with Crippen molar-refractivity contribution in [3.63, 3.8) is 0 Å².